The maximum Gasteiger partial charge on any atom is 0.165 e. The van der Waals surface area contributed by atoms with E-state index in [1.54, 1.807) is 0 Å². The predicted octanol–water partition coefficient (Wildman–Crippen LogP) is 5.27. The van der Waals surface area contributed by atoms with Crippen molar-refractivity contribution in [2.45, 2.75) is 52.5 Å². The third-order valence-corrected chi connectivity index (χ3v) is 6.33. The number of aliphatic imine (C=N–C) groups is 1. The number of nitrogens with one attached hydrogen (secondary N) is 1. The molecule has 0 saturated carbocycles. The molecule has 172 valence electrons. The van der Waals surface area contributed by atoms with Crippen LogP contribution in [0, 0.1) is 12.7 Å². The molecule has 1 aliphatic rings. The van der Waals surface area contributed by atoms with Gasteiger partial charge in [-0.2, -0.15) is 0 Å². The van der Waals surface area contributed by atoms with Gasteiger partial charge in [-0.25, -0.2) is 4.39 Å². The molecular formula is C27H36FN3O. The minimum Gasteiger partial charge on any atom is -0.505 e. The maximum atomic E-state index is 14.0. The number of phenolic OH excluding ortho intramolecular Hbond substituents is 1. The van der Waals surface area contributed by atoms with Gasteiger partial charge in [0, 0.05) is 37.0 Å². The normalized spacial score (nSPS) is 17.1. The van der Waals surface area contributed by atoms with Crippen molar-refractivity contribution in [3.63, 3.8) is 0 Å². The summed E-state index contributed by atoms with van der Waals surface area (Å²) in [5.74, 6) is -0.884. The van der Waals surface area contributed by atoms with E-state index < -0.39 is 5.82 Å². The molecule has 2 N–H and O–H groups in total. The molecule has 1 aliphatic heterocycles. The number of rotatable bonds is 8. The highest BCUT2D eigenvalue weighted by atomic mass is 19.1. The van der Waals surface area contributed by atoms with Crippen LogP contribution in [0.3, 0.4) is 0 Å². The second kappa shape index (κ2) is 10.9. The number of phenols is 1. The summed E-state index contributed by atoms with van der Waals surface area (Å²) < 4.78 is 14.0. The first-order chi connectivity index (χ1) is 15.3. The van der Waals surface area contributed by atoms with Crippen LogP contribution in [0.5, 0.6) is 5.75 Å². The lowest BCUT2D eigenvalue weighted by atomic mass is 9.93. The second-order valence-corrected chi connectivity index (χ2v) is 8.96. The van der Waals surface area contributed by atoms with Crippen LogP contribution in [-0.4, -0.2) is 48.4 Å². The molecule has 3 rings (SSSR count). The zero-order valence-corrected chi connectivity index (χ0v) is 19.8. The van der Waals surface area contributed by atoms with Crippen molar-refractivity contribution in [1.29, 1.82) is 0 Å². The van der Waals surface area contributed by atoms with E-state index in [-0.39, 0.29) is 5.75 Å². The Morgan fingerprint density at radius 3 is 2.72 bits per heavy atom. The van der Waals surface area contributed by atoms with Gasteiger partial charge in [0.25, 0.3) is 0 Å². The third-order valence-electron chi connectivity index (χ3n) is 6.33. The van der Waals surface area contributed by atoms with Crippen LogP contribution in [0.15, 0.2) is 47.6 Å². The maximum absolute atomic E-state index is 14.0. The summed E-state index contributed by atoms with van der Waals surface area (Å²) in [6, 6.07) is 9.71. The number of aromatic hydroxyl groups is 1. The topological polar surface area (TPSA) is 47.9 Å². The van der Waals surface area contributed by atoms with Gasteiger partial charge in [0.15, 0.2) is 11.6 Å². The van der Waals surface area contributed by atoms with E-state index in [4.69, 9.17) is 4.99 Å². The molecule has 1 heterocycles. The molecule has 1 saturated heterocycles. The Bertz CT molecular complexity index is 993. The number of nitrogens with zero attached hydrogens (tertiary/aromatic N) is 2. The van der Waals surface area contributed by atoms with Crippen LogP contribution >= 0.6 is 0 Å². The molecule has 0 aromatic heterocycles. The standard InChI is InChI=1S/C27H36FN3O/c1-6-21-14-27(32)26(28)15-25(21)23-10-9-22(18(2)12-23)13-19(3)30-20(4)17-31(5)24-8-7-11-29-16-24/h9-10,12,14-15,24,29,32H,4,6-8,11,13,16-17H2,1-3,5H3/b30-19+. The van der Waals surface area contributed by atoms with Crippen LogP contribution in [0.1, 0.15) is 43.4 Å². The minimum absolute atomic E-state index is 0.295. The number of halogens is 1. The molecule has 1 unspecified atom stereocenters. The summed E-state index contributed by atoms with van der Waals surface area (Å²) in [7, 11) is 2.15. The van der Waals surface area contributed by atoms with E-state index >= 15 is 0 Å². The van der Waals surface area contributed by atoms with E-state index in [1.165, 1.54) is 30.5 Å². The van der Waals surface area contributed by atoms with E-state index in [2.05, 4.69) is 42.9 Å². The monoisotopic (exact) mass is 437 g/mol. The number of benzene rings is 2. The van der Waals surface area contributed by atoms with Crippen molar-refractivity contribution in [3.8, 4) is 16.9 Å². The minimum atomic E-state index is -0.589. The first-order valence-electron chi connectivity index (χ1n) is 11.5. The predicted molar refractivity (Wildman–Crippen MR) is 132 cm³/mol. The average molecular weight is 438 g/mol. The fourth-order valence-electron chi connectivity index (χ4n) is 4.48. The van der Waals surface area contributed by atoms with Crippen molar-refractivity contribution in [2.24, 2.45) is 4.99 Å². The summed E-state index contributed by atoms with van der Waals surface area (Å²) in [5.41, 5.74) is 6.99. The van der Waals surface area contributed by atoms with Crippen molar-refractivity contribution < 1.29 is 9.50 Å². The van der Waals surface area contributed by atoms with Gasteiger partial charge in [-0.05, 0) is 86.7 Å². The third kappa shape index (κ3) is 6.05. The average Bonchev–Trinajstić information content (AvgIpc) is 2.77. The SMILES string of the molecule is C=C(CN(C)C1CCCNC1)/N=C(\C)Cc1ccc(-c2cc(F)c(O)cc2CC)cc1C. The van der Waals surface area contributed by atoms with Gasteiger partial charge in [0.2, 0.25) is 0 Å². The lowest BCUT2D eigenvalue weighted by Gasteiger charge is -2.31. The van der Waals surface area contributed by atoms with Crippen molar-refractivity contribution >= 4 is 5.71 Å². The molecule has 2 aromatic carbocycles. The molecule has 0 amide bonds. The summed E-state index contributed by atoms with van der Waals surface area (Å²) >= 11 is 0. The van der Waals surface area contributed by atoms with Gasteiger partial charge >= 0.3 is 0 Å². The molecule has 0 aliphatic carbocycles. The number of aryl methyl sites for hydroxylation is 2. The van der Waals surface area contributed by atoms with E-state index in [1.807, 2.05) is 19.9 Å². The van der Waals surface area contributed by atoms with Gasteiger partial charge in [-0.15, -0.1) is 0 Å². The first kappa shape index (κ1) is 24.1. The van der Waals surface area contributed by atoms with Crippen molar-refractivity contribution in [2.75, 3.05) is 26.7 Å². The summed E-state index contributed by atoms with van der Waals surface area (Å²) in [5, 5.41) is 13.2. The van der Waals surface area contributed by atoms with Gasteiger partial charge < -0.3 is 10.4 Å². The number of piperidine rings is 1. The highest BCUT2D eigenvalue weighted by Crippen LogP contribution is 2.31. The Morgan fingerprint density at radius 2 is 2.06 bits per heavy atom. The number of hydrogen-bond donors (Lipinski definition) is 2. The zero-order chi connectivity index (χ0) is 23.3. The zero-order valence-electron chi connectivity index (χ0n) is 19.8. The molecule has 1 atom stereocenters. The number of hydrogen-bond acceptors (Lipinski definition) is 4. The summed E-state index contributed by atoms with van der Waals surface area (Å²) in [4.78, 5) is 7.10. The molecule has 32 heavy (non-hydrogen) atoms. The molecule has 0 bridgehead atoms. The second-order valence-electron chi connectivity index (χ2n) is 8.96. The van der Waals surface area contributed by atoms with Crippen LogP contribution in [0.2, 0.25) is 0 Å². The van der Waals surface area contributed by atoms with Crippen LogP contribution in [0.4, 0.5) is 4.39 Å². The summed E-state index contributed by atoms with van der Waals surface area (Å²) in [6.45, 7) is 13.2. The van der Waals surface area contributed by atoms with E-state index in [0.29, 0.717) is 6.04 Å². The smallest absolute Gasteiger partial charge is 0.165 e. The molecule has 2 aromatic rings. The van der Waals surface area contributed by atoms with Crippen LogP contribution in [0.25, 0.3) is 11.1 Å². The Kier molecular flexibility index (Phi) is 8.21. The largest absolute Gasteiger partial charge is 0.505 e. The van der Waals surface area contributed by atoms with E-state index in [0.717, 1.165) is 66.1 Å². The molecule has 5 heteroatoms. The van der Waals surface area contributed by atoms with E-state index in [9.17, 15) is 9.50 Å². The first-order valence-corrected chi connectivity index (χ1v) is 11.5. The Hall–Kier alpha value is -2.50. The molecule has 0 radical (unpaired) electrons. The Morgan fingerprint density at radius 1 is 1.28 bits per heavy atom. The fraction of sp³-hybridized carbons (Fsp3) is 0.444. The summed E-state index contributed by atoms with van der Waals surface area (Å²) in [6.07, 6.45) is 3.92. The Balaban J connectivity index is 1.69. The lowest BCUT2D eigenvalue weighted by molar-refractivity contribution is 0.217. The Labute approximate surface area is 191 Å². The highest BCUT2D eigenvalue weighted by Gasteiger charge is 2.18. The van der Waals surface area contributed by atoms with Crippen LogP contribution in [-0.2, 0) is 12.8 Å². The van der Waals surface area contributed by atoms with Gasteiger partial charge in [-0.3, -0.25) is 9.89 Å². The molecular weight excluding hydrogens is 401 g/mol. The number of likely N-dealkylation sites (N-methyl/N-ethyl adjacent to an activating group) is 1. The van der Waals surface area contributed by atoms with Gasteiger partial charge in [0.05, 0.1) is 0 Å². The lowest BCUT2D eigenvalue weighted by Crippen LogP contribution is -2.44. The van der Waals surface area contributed by atoms with Crippen molar-refractivity contribution in [1.82, 2.24) is 10.2 Å². The van der Waals surface area contributed by atoms with Crippen LogP contribution < -0.4 is 5.32 Å². The molecule has 0 spiro atoms. The van der Waals surface area contributed by atoms with Crippen molar-refractivity contribution in [3.05, 3.63) is 65.1 Å². The fourth-order valence-corrected chi connectivity index (χ4v) is 4.48. The van der Waals surface area contributed by atoms with Gasteiger partial charge in [0.1, 0.15) is 0 Å². The highest BCUT2D eigenvalue weighted by molar-refractivity contribution is 5.85. The molecule has 4 nitrogen and oxygen atoms in total. The quantitative estimate of drug-likeness (QED) is 0.553. The molecule has 1 fully saturated rings. The van der Waals surface area contributed by atoms with Gasteiger partial charge in [-0.1, -0.05) is 31.7 Å².